The summed E-state index contributed by atoms with van der Waals surface area (Å²) in [5, 5.41) is 3.31. The van der Waals surface area contributed by atoms with E-state index in [1.54, 1.807) is 11.3 Å². The minimum atomic E-state index is -4.25. The highest BCUT2D eigenvalue weighted by Crippen LogP contribution is 2.33. The number of halogens is 3. The predicted octanol–water partition coefficient (Wildman–Crippen LogP) is 4.67. The van der Waals surface area contributed by atoms with E-state index >= 15 is 0 Å². The maximum Gasteiger partial charge on any atom is 0.411 e. The van der Waals surface area contributed by atoms with Crippen molar-refractivity contribution in [3.8, 4) is 0 Å². The minimum absolute atomic E-state index is 0.0457. The number of hydrogen-bond donors (Lipinski definition) is 1. The minimum Gasteiger partial charge on any atom is -0.372 e. The molecule has 0 saturated heterocycles. The van der Waals surface area contributed by atoms with Crippen molar-refractivity contribution in [2.24, 2.45) is 0 Å². The van der Waals surface area contributed by atoms with Crippen LogP contribution in [0, 0.1) is 0 Å². The summed E-state index contributed by atoms with van der Waals surface area (Å²) in [6, 6.07) is 4.20. The molecule has 21 heavy (non-hydrogen) atoms. The van der Waals surface area contributed by atoms with E-state index < -0.39 is 12.8 Å². The van der Waals surface area contributed by atoms with Gasteiger partial charge in [0.15, 0.2) is 0 Å². The Hall–Kier alpha value is -0.590. The van der Waals surface area contributed by atoms with E-state index in [1.807, 2.05) is 6.92 Å². The molecule has 122 valence electrons. The van der Waals surface area contributed by atoms with Crippen LogP contribution in [0.4, 0.5) is 13.2 Å². The van der Waals surface area contributed by atoms with Crippen molar-refractivity contribution in [2.75, 3.05) is 19.8 Å². The lowest BCUT2D eigenvalue weighted by Gasteiger charge is -2.18. The van der Waals surface area contributed by atoms with Crippen molar-refractivity contribution in [2.45, 2.75) is 51.7 Å². The molecule has 1 heterocycles. The molecule has 0 bridgehead atoms. The Kier molecular flexibility index (Phi) is 6.69. The molecule has 0 radical (unpaired) electrons. The van der Waals surface area contributed by atoms with Crippen LogP contribution in [0.1, 0.15) is 49.9 Å². The summed E-state index contributed by atoms with van der Waals surface area (Å²) in [7, 11) is 0. The summed E-state index contributed by atoms with van der Waals surface area (Å²) in [6.07, 6.45) is -3.72. The molecular formula is C15H24F3NOS. The van der Waals surface area contributed by atoms with Crippen LogP contribution in [0.3, 0.4) is 0 Å². The van der Waals surface area contributed by atoms with Gasteiger partial charge in [-0.2, -0.15) is 13.2 Å². The molecule has 0 fully saturated rings. The molecule has 0 aliphatic carbocycles. The number of hydrogen-bond acceptors (Lipinski definition) is 3. The molecule has 2 nitrogen and oxygen atoms in total. The average molecular weight is 323 g/mol. The van der Waals surface area contributed by atoms with Crippen LogP contribution in [0.15, 0.2) is 12.1 Å². The van der Waals surface area contributed by atoms with Crippen LogP contribution in [0.2, 0.25) is 0 Å². The van der Waals surface area contributed by atoms with Gasteiger partial charge in [-0.25, -0.2) is 0 Å². The van der Waals surface area contributed by atoms with E-state index in [4.69, 9.17) is 4.74 Å². The second-order valence-corrected chi connectivity index (χ2v) is 7.13. The highest BCUT2D eigenvalue weighted by Gasteiger charge is 2.27. The largest absolute Gasteiger partial charge is 0.411 e. The van der Waals surface area contributed by atoms with Crippen molar-refractivity contribution >= 4 is 11.3 Å². The third kappa shape index (κ3) is 6.80. The summed E-state index contributed by atoms with van der Waals surface area (Å²) < 4.78 is 40.9. The summed E-state index contributed by atoms with van der Waals surface area (Å²) in [5.41, 5.74) is 0.0897. The Morgan fingerprint density at radius 2 is 1.90 bits per heavy atom. The molecule has 0 amide bonds. The molecule has 0 aromatic carbocycles. The van der Waals surface area contributed by atoms with Gasteiger partial charge in [0.05, 0.1) is 0 Å². The van der Waals surface area contributed by atoms with Crippen LogP contribution in [-0.4, -0.2) is 25.9 Å². The molecule has 1 unspecified atom stereocenters. The van der Waals surface area contributed by atoms with Crippen LogP contribution >= 0.6 is 11.3 Å². The van der Waals surface area contributed by atoms with Gasteiger partial charge in [0.25, 0.3) is 0 Å². The third-order valence-corrected chi connectivity index (χ3v) is 4.60. The fraction of sp³-hybridized carbons (Fsp3) is 0.733. The molecule has 1 rings (SSSR count). The third-order valence-electron chi connectivity index (χ3n) is 2.98. The summed E-state index contributed by atoms with van der Waals surface area (Å²) >= 11 is 1.71. The van der Waals surface area contributed by atoms with Crippen molar-refractivity contribution in [1.82, 2.24) is 5.32 Å². The van der Waals surface area contributed by atoms with Gasteiger partial charge in [-0.3, -0.25) is 0 Å². The average Bonchev–Trinajstić information content (AvgIpc) is 2.81. The van der Waals surface area contributed by atoms with Gasteiger partial charge in [-0.15, -0.1) is 11.3 Å². The van der Waals surface area contributed by atoms with Crippen LogP contribution in [-0.2, 0) is 10.2 Å². The van der Waals surface area contributed by atoms with Gasteiger partial charge in [-0.1, -0.05) is 27.7 Å². The maximum atomic E-state index is 12.0. The second-order valence-electron chi connectivity index (χ2n) is 6.02. The molecule has 0 aliphatic rings. The maximum absolute atomic E-state index is 12.0. The van der Waals surface area contributed by atoms with E-state index in [0.29, 0.717) is 6.42 Å². The zero-order valence-corrected chi connectivity index (χ0v) is 13.8. The molecule has 0 aliphatic heterocycles. The summed E-state index contributed by atoms with van der Waals surface area (Å²) in [5.74, 6) is 0. The quantitative estimate of drug-likeness (QED) is 0.737. The topological polar surface area (TPSA) is 21.3 Å². The first-order valence-electron chi connectivity index (χ1n) is 7.11. The lowest BCUT2D eigenvalue weighted by molar-refractivity contribution is -0.174. The number of nitrogens with one attached hydrogen (secondary N) is 1. The highest BCUT2D eigenvalue weighted by atomic mass is 32.1. The fourth-order valence-corrected chi connectivity index (χ4v) is 3.10. The van der Waals surface area contributed by atoms with E-state index in [9.17, 15) is 13.2 Å². The predicted molar refractivity (Wildman–Crippen MR) is 80.9 cm³/mol. The summed E-state index contributed by atoms with van der Waals surface area (Å²) in [6.45, 7) is 8.13. The van der Waals surface area contributed by atoms with Gasteiger partial charge in [0.1, 0.15) is 6.61 Å². The van der Waals surface area contributed by atoms with Crippen molar-refractivity contribution in [1.29, 1.82) is 0 Å². The summed E-state index contributed by atoms with van der Waals surface area (Å²) in [4.78, 5) is 2.42. The standard InChI is InChI=1S/C15H24F3NOS/c1-5-19-11(8-9-20-10-15(16,17)18)12-6-7-13(21-12)14(2,3)4/h6-7,11,19H,5,8-10H2,1-4H3. The molecule has 1 N–H and O–H groups in total. The molecule has 1 aromatic heterocycles. The smallest absolute Gasteiger partial charge is 0.372 e. The van der Waals surface area contributed by atoms with Gasteiger partial charge < -0.3 is 10.1 Å². The Morgan fingerprint density at radius 1 is 1.24 bits per heavy atom. The van der Waals surface area contributed by atoms with Crippen LogP contribution < -0.4 is 5.32 Å². The van der Waals surface area contributed by atoms with E-state index in [1.165, 1.54) is 4.88 Å². The van der Waals surface area contributed by atoms with Crippen molar-refractivity contribution < 1.29 is 17.9 Å². The Bertz CT molecular complexity index is 423. The van der Waals surface area contributed by atoms with E-state index in [-0.39, 0.29) is 18.1 Å². The molecule has 0 spiro atoms. The first-order valence-corrected chi connectivity index (χ1v) is 7.93. The zero-order chi connectivity index (χ0) is 16.1. The van der Waals surface area contributed by atoms with Crippen LogP contribution in [0.5, 0.6) is 0 Å². The normalized spacial score (nSPS) is 14.4. The molecule has 0 saturated carbocycles. The highest BCUT2D eigenvalue weighted by molar-refractivity contribution is 7.12. The lowest BCUT2D eigenvalue weighted by atomic mass is 9.95. The first kappa shape index (κ1) is 18.5. The van der Waals surface area contributed by atoms with Crippen molar-refractivity contribution in [3.63, 3.8) is 0 Å². The van der Waals surface area contributed by atoms with Gasteiger partial charge in [-0.05, 0) is 30.5 Å². The lowest BCUT2D eigenvalue weighted by Crippen LogP contribution is -2.23. The van der Waals surface area contributed by atoms with Crippen molar-refractivity contribution in [3.05, 3.63) is 21.9 Å². The Balaban J connectivity index is 2.59. The monoisotopic (exact) mass is 323 g/mol. The van der Waals surface area contributed by atoms with Gasteiger partial charge in [0, 0.05) is 22.4 Å². The van der Waals surface area contributed by atoms with Crippen LogP contribution in [0.25, 0.3) is 0 Å². The van der Waals surface area contributed by atoms with E-state index in [0.717, 1.165) is 11.4 Å². The van der Waals surface area contributed by atoms with Gasteiger partial charge in [0.2, 0.25) is 0 Å². The number of ether oxygens (including phenoxy) is 1. The first-order chi connectivity index (χ1) is 9.63. The molecule has 6 heteroatoms. The number of thiophene rings is 1. The van der Waals surface area contributed by atoms with Gasteiger partial charge >= 0.3 is 6.18 Å². The molecular weight excluding hydrogens is 299 g/mol. The Labute approximate surface area is 128 Å². The number of rotatable bonds is 7. The van der Waals surface area contributed by atoms with E-state index in [2.05, 4.69) is 38.2 Å². The fourth-order valence-electron chi connectivity index (χ4n) is 1.92. The zero-order valence-electron chi connectivity index (χ0n) is 13.0. The molecule has 1 aromatic rings. The SMILES string of the molecule is CCNC(CCOCC(F)(F)F)c1ccc(C(C)(C)C)s1. The molecule has 1 atom stereocenters. The number of alkyl halides is 3. The second kappa shape index (κ2) is 7.61. The Morgan fingerprint density at radius 3 is 2.38 bits per heavy atom.